The second kappa shape index (κ2) is 5.75. The van der Waals surface area contributed by atoms with E-state index in [1.165, 1.54) is 16.6 Å². The smallest absolute Gasteiger partial charge is 0.266 e. The number of benzene rings is 2. The number of amides is 1. The van der Waals surface area contributed by atoms with Crippen LogP contribution < -0.4 is 0 Å². The molecule has 0 fully saturated rings. The molecule has 1 heterocycles. The van der Waals surface area contributed by atoms with Gasteiger partial charge in [-0.15, -0.1) is 0 Å². The highest BCUT2D eigenvalue weighted by Crippen LogP contribution is 2.30. The third-order valence-electron chi connectivity index (χ3n) is 3.64. The molecule has 2 aromatic carbocycles. The zero-order valence-electron chi connectivity index (χ0n) is 11.6. The van der Waals surface area contributed by atoms with E-state index in [1.807, 2.05) is 36.4 Å². The van der Waals surface area contributed by atoms with Gasteiger partial charge in [0.2, 0.25) is 0 Å². The summed E-state index contributed by atoms with van der Waals surface area (Å²) in [4.78, 5) is 12.1. The lowest BCUT2D eigenvalue weighted by Crippen LogP contribution is -2.33. The quantitative estimate of drug-likeness (QED) is 0.791. The number of hydrazone groups is 1. The van der Waals surface area contributed by atoms with Crippen LogP contribution in [0.25, 0.3) is 0 Å². The van der Waals surface area contributed by atoms with Gasteiger partial charge in [0.1, 0.15) is 0 Å². The van der Waals surface area contributed by atoms with Gasteiger partial charge in [-0.1, -0.05) is 61.2 Å². The molecule has 0 radical (unpaired) electrons. The molecule has 0 aliphatic carbocycles. The topological polar surface area (TPSA) is 32.7 Å². The summed E-state index contributed by atoms with van der Waals surface area (Å²) >= 11 is 0. The van der Waals surface area contributed by atoms with Gasteiger partial charge in [0, 0.05) is 0 Å². The molecule has 2 aromatic rings. The Morgan fingerprint density at radius 3 is 2.62 bits per heavy atom. The average molecular weight is 276 g/mol. The molecule has 0 N–H and O–H groups in total. The van der Waals surface area contributed by atoms with E-state index in [0.717, 1.165) is 17.5 Å². The van der Waals surface area contributed by atoms with Gasteiger partial charge in [0.25, 0.3) is 5.91 Å². The van der Waals surface area contributed by atoms with E-state index in [9.17, 15) is 4.79 Å². The molecule has 0 bridgehead atoms. The van der Waals surface area contributed by atoms with Gasteiger partial charge in [0.15, 0.2) is 0 Å². The molecule has 1 aliphatic rings. The second-order valence-electron chi connectivity index (χ2n) is 4.97. The Morgan fingerprint density at radius 1 is 1.14 bits per heavy atom. The van der Waals surface area contributed by atoms with E-state index in [1.54, 1.807) is 6.21 Å². The van der Waals surface area contributed by atoms with Crippen LogP contribution in [0, 0.1) is 0 Å². The summed E-state index contributed by atoms with van der Waals surface area (Å²) in [5.41, 5.74) is 3.36. The van der Waals surface area contributed by atoms with E-state index in [0.29, 0.717) is 0 Å². The molecule has 3 rings (SSSR count). The lowest BCUT2D eigenvalue weighted by molar-refractivity contribution is -0.128. The minimum absolute atomic E-state index is 0.0981. The third kappa shape index (κ3) is 2.63. The van der Waals surface area contributed by atoms with Crippen molar-refractivity contribution in [3.8, 4) is 0 Å². The van der Waals surface area contributed by atoms with Crippen molar-refractivity contribution in [1.29, 1.82) is 0 Å². The van der Waals surface area contributed by atoms with Crippen molar-refractivity contribution in [2.45, 2.75) is 12.5 Å². The summed E-state index contributed by atoms with van der Waals surface area (Å²) in [7, 11) is 0. The molecule has 3 nitrogen and oxygen atoms in total. The van der Waals surface area contributed by atoms with Crippen molar-refractivity contribution in [3.63, 3.8) is 0 Å². The molecule has 104 valence electrons. The van der Waals surface area contributed by atoms with Crippen LogP contribution in [-0.2, 0) is 11.2 Å². The number of carbonyl (C=O) groups is 1. The van der Waals surface area contributed by atoms with E-state index < -0.39 is 0 Å². The maximum absolute atomic E-state index is 12.1. The molecule has 1 amide bonds. The minimum atomic E-state index is -0.179. The van der Waals surface area contributed by atoms with E-state index in [-0.39, 0.29) is 11.9 Å². The first-order valence-corrected chi connectivity index (χ1v) is 6.92. The van der Waals surface area contributed by atoms with Gasteiger partial charge in [0.05, 0.1) is 12.3 Å². The van der Waals surface area contributed by atoms with Crippen molar-refractivity contribution >= 4 is 12.1 Å². The average Bonchev–Trinajstić information content (AvgIpc) is 2.55. The van der Waals surface area contributed by atoms with Crippen LogP contribution in [0.1, 0.15) is 22.7 Å². The lowest BCUT2D eigenvalue weighted by atomic mass is 9.93. The Bertz CT molecular complexity index is 691. The Hall–Kier alpha value is -2.68. The highest BCUT2D eigenvalue weighted by Gasteiger charge is 2.28. The van der Waals surface area contributed by atoms with Crippen LogP contribution in [-0.4, -0.2) is 17.1 Å². The van der Waals surface area contributed by atoms with Crippen molar-refractivity contribution in [2.75, 3.05) is 0 Å². The molecule has 1 unspecified atom stereocenters. The summed E-state index contributed by atoms with van der Waals surface area (Å²) in [5.74, 6) is -0.179. The zero-order chi connectivity index (χ0) is 14.7. The highest BCUT2D eigenvalue weighted by molar-refractivity contribution is 5.91. The molecule has 21 heavy (non-hydrogen) atoms. The predicted molar refractivity (Wildman–Crippen MR) is 84.0 cm³/mol. The second-order valence-corrected chi connectivity index (χ2v) is 4.97. The van der Waals surface area contributed by atoms with E-state index in [4.69, 9.17) is 0 Å². The molecular formula is C18H16N2O. The Kier molecular flexibility index (Phi) is 3.65. The van der Waals surface area contributed by atoms with Gasteiger partial charge in [-0.25, -0.2) is 5.01 Å². The summed E-state index contributed by atoms with van der Waals surface area (Å²) in [6.45, 7) is 3.57. The van der Waals surface area contributed by atoms with E-state index in [2.05, 4.69) is 29.9 Å². The molecular weight excluding hydrogens is 260 g/mol. The normalized spacial score (nSPS) is 16.4. The summed E-state index contributed by atoms with van der Waals surface area (Å²) < 4.78 is 0. The van der Waals surface area contributed by atoms with Crippen molar-refractivity contribution in [2.24, 2.45) is 5.10 Å². The standard InChI is InChI=1S/C18H16N2O/c1-2-18(21)20-17(12-14-8-4-3-5-9-14)16-11-7-6-10-15(16)13-19-20/h2-11,13,17H,1,12H2. The third-order valence-corrected chi connectivity index (χ3v) is 3.64. The monoisotopic (exact) mass is 276 g/mol. The number of carbonyl (C=O) groups excluding carboxylic acids is 1. The fourth-order valence-electron chi connectivity index (χ4n) is 2.61. The van der Waals surface area contributed by atoms with Gasteiger partial charge in [-0.3, -0.25) is 4.79 Å². The Balaban J connectivity index is 2.00. The van der Waals surface area contributed by atoms with Crippen LogP contribution in [0.5, 0.6) is 0 Å². The number of rotatable bonds is 3. The maximum Gasteiger partial charge on any atom is 0.266 e. The Morgan fingerprint density at radius 2 is 1.86 bits per heavy atom. The van der Waals surface area contributed by atoms with Gasteiger partial charge in [-0.2, -0.15) is 5.10 Å². The number of hydrogen-bond acceptors (Lipinski definition) is 2. The van der Waals surface area contributed by atoms with Gasteiger partial charge >= 0.3 is 0 Å². The lowest BCUT2D eigenvalue weighted by Gasteiger charge is -2.31. The number of hydrogen-bond donors (Lipinski definition) is 0. The fourth-order valence-corrected chi connectivity index (χ4v) is 2.61. The first-order valence-electron chi connectivity index (χ1n) is 6.92. The van der Waals surface area contributed by atoms with E-state index >= 15 is 0 Å². The Labute approximate surface area is 124 Å². The largest absolute Gasteiger partial charge is 0.268 e. The summed E-state index contributed by atoms with van der Waals surface area (Å²) in [6.07, 6.45) is 3.77. The molecule has 0 saturated heterocycles. The molecule has 1 atom stereocenters. The SMILES string of the molecule is C=CC(=O)N1N=Cc2ccccc2C1Cc1ccccc1. The van der Waals surface area contributed by atoms with Crippen LogP contribution in [0.3, 0.4) is 0 Å². The summed E-state index contributed by atoms with van der Waals surface area (Å²) in [6, 6.07) is 18.1. The van der Waals surface area contributed by atoms with Crippen LogP contribution in [0.4, 0.5) is 0 Å². The first-order chi connectivity index (χ1) is 10.3. The van der Waals surface area contributed by atoms with Crippen molar-refractivity contribution < 1.29 is 4.79 Å². The first kappa shape index (κ1) is 13.3. The van der Waals surface area contributed by atoms with Crippen LogP contribution >= 0.6 is 0 Å². The van der Waals surface area contributed by atoms with Gasteiger partial charge in [-0.05, 0) is 29.2 Å². The van der Waals surface area contributed by atoms with Crippen molar-refractivity contribution in [3.05, 3.63) is 83.9 Å². The number of nitrogens with zero attached hydrogens (tertiary/aromatic N) is 2. The molecule has 0 spiro atoms. The summed E-state index contributed by atoms with van der Waals surface area (Å²) in [5, 5.41) is 5.82. The fraction of sp³-hybridized carbons (Fsp3) is 0.111. The van der Waals surface area contributed by atoms with Crippen molar-refractivity contribution in [1.82, 2.24) is 5.01 Å². The van der Waals surface area contributed by atoms with Crippen LogP contribution in [0.2, 0.25) is 0 Å². The van der Waals surface area contributed by atoms with Gasteiger partial charge < -0.3 is 0 Å². The molecule has 0 aromatic heterocycles. The molecule has 0 saturated carbocycles. The number of fused-ring (bicyclic) bond motifs is 1. The highest BCUT2D eigenvalue weighted by atomic mass is 16.2. The predicted octanol–water partition coefficient (Wildman–Crippen LogP) is 3.33. The molecule has 3 heteroatoms. The van der Waals surface area contributed by atoms with Crippen LogP contribution in [0.15, 0.2) is 72.4 Å². The zero-order valence-corrected chi connectivity index (χ0v) is 11.6. The minimum Gasteiger partial charge on any atom is -0.268 e. The molecule has 1 aliphatic heterocycles. The maximum atomic E-state index is 12.1.